The van der Waals surface area contributed by atoms with Crippen molar-refractivity contribution in [2.24, 2.45) is 0 Å². The van der Waals surface area contributed by atoms with Gasteiger partial charge >= 0.3 is 0 Å². The number of hydrogen-bond donors (Lipinski definition) is 1. The lowest BCUT2D eigenvalue weighted by molar-refractivity contribution is -0.122. The van der Waals surface area contributed by atoms with Crippen LogP contribution in [0, 0.1) is 0 Å². The van der Waals surface area contributed by atoms with Gasteiger partial charge in [0, 0.05) is 50.5 Å². The van der Waals surface area contributed by atoms with Gasteiger partial charge in [-0.3, -0.25) is 9.69 Å². The quantitative estimate of drug-likeness (QED) is 0.889. The Bertz CT molecular complexity index is 521. The molecule has 0 radical (unpaired) electrons. The second-order valence-corrected chi connectivity index (χ2v) is 6.48. The summed E-state index contributed by atoms with van der Waals surface area (Å²) in [5.74, 6) is 1.59. The smallest absolute Gasteiger partial charge is 0.234 e. The molecule has 1 N–H and O–H groups in total. The Morgan fingerprint density at radius 1 is 1.26 bits per heavy atom. The van der Waals surface area contributed by atoms with E-state index < -0.39 is 0 Å². The maximum Gasteiger partial charge on any atom is 0.234 e. The summed E-state index contributed by atoms with van der Waals surface area (Å²) >= 11 is 0. The number of hydrogen-bond acceptors (Lipinski definition) is 5. The van der Waals surface area contributed by atoms with Crippen molar-refractivity contribution in [2.45, 2.75) is 38.5 Å². The molecule has 2 heterocycles. The molecule has 2 fully saturated rings. The third kappa shape index (κ3) is 4.19. The van der Waals surface area contributed by atoms with Crippen molar-refractivity contribution < 1.29 is 4.79 Å². The molecule has 3 rings (SSSR count). The minimum Gasteiger partial charge on any atom is -0.355 e. The molecule has 1 aliphatic carbocycles. The molecule has 6 heteroatoms. The SMILES string of the molecule is CCNC(=O)CN1CCN(c2nccc(C3CCCC3)n2)CC1. The summed E-state index contributed by atoms with van der Waals surface area (Å²) in [6.07, 6.45) is 7.07. The van der Waals surface area contributed by atoms with Gasteiger partial charge in [-0.25, -0.2) is 9.97 Å². The second-order valence-electron chi connectivity index (χ2n) is 6.48. The van der Waals surface area contributed by atoms with E-state index >= 15 is 0 Å². The summed E-state index contributed by atoms with van der Waals surface area (Å²) in [7, 11) is 0. The maximum atomic E-state index is 11.7. The van der Waals surface area contributed by atoms with Crippen LogP contribution in [-0.4, -0.2) is 60.0 Å². The van der Waals surface area contributed by atoms with Crippen molar-refractivity contribution >= 4 is 11.9 Å². The fourth-order valence-corrected chi connectivity index (χ4v) is 3.53. The van der Waals surface area contributed by atoms with Gasteiger partial charge in [-0.2, -0.15) is 0 Å². The van der Waals surface area contributed by atoms with Crippen LogP contribution in [0.2, 0.25) is 0 Å². The fraction of sp³-hybridized carbons (Fsp3) is 0.706. The average molecular weight is 317 g/mol. The molecule has 0 atom stereocenters. The van der Waals surface area contributed by atoms with Crippen LogP contribution in [0.1, 0.15) is 44.2 Å². The van der Waals surface area contributed by atoms with Crippen molar-refractivity contribution in [3.05, 3.63) is 18.0 Å². The predicted molar refractivity (Wildman–Crippen MR) is 90.6 cm³/mol. The van der Waals surface area contributed by atoms with E-state index in [1.165, 1.54) is 31.4 Å². The number of carbonyl (C=O) groups excluding carboxylic acids is 1. The number of nitrogens with one attached hydrogen (secondary N) is 1. The highest BCUT2D eigenvalue weighted by Crippen LogP contribution is 2.33. The maximum absolute atomic E-state index is 11.7. The zero-order chi connectivity index (χ0) is 16.1. The highest BCUT2D eigenvalue weighted by Gasteiger charge is 2.23. The minimum atomic E-state index is 0.112. The van der Waals surface area contributed by atoms with E-state index in [0.717, 1.165) is 32.1 Å². The Morgan fingerprint density at radius 3 is 2.70 bits per heavy atom. The third-order valence-corrected chi connectivity index (χ3v) is 4.83. The molecule has 1 saturated carbocycles. The predicted octanol–water partition coefficient (Wildman–Crippen LogP) is 1.39. The summed E-state index contributed by atoms with van der Waals surface area (Å²) < 4.78 is 0. The van der Waals surface area contributed by atoms with E-state index in [9.17, 15) is 4.79 Å². The number of aromatic nitrogens is 2. The fourth-order valence-electron chi connectivity index (χ4n) is 3.53. The lowest BCUT2D eigenvalue weighted by atomic mass is 10.0. The van der Waals surface area contributed by atoms with Crippen molar-refractivity contribution in [1.29, 1.82) is 0 Å². The van der Waals surface area contributed by atoms with E-state index in [1.807, 2.05) is 13.1 Å². The number of anilines is 1. The van der Waals surface area contributed by atoms with Crippen LogP contribution in [-0.2, 0) is 4.79 Å². The van der Waals surface area contributed by atoms with Gasteiger partial charge in [0.2, 0.25) is 11.9 Å². The zero-order valence-electron chi connectivity index (χ0n) is 14.0. The third-order valence-electron chi connectivity index (χ3n) is 4.83. The highest BCUT2D eigenvalue weighted by molar-refractivity contribution is 5.77. The molecule has 1 amide bonds. The summed E-state index contributed by atoms with van der Waals surface area (Å²) in [4.78, 5) is 25.4. The van der Waals surface area contributed by atoms with Crippen molar-refractivity contribution in [1.82, 2.24) is 20.2 Å². The van der Waals surface area contributed by atoms with E-state index in [-0.39, 0.29) is 5.91 Å². The molecule has 1 aromatic rings. The molecule has 1 aromatic heterocycles. The molecule has 0 spiro atoms. The Kier molecular flexibility index (Phi) is 5.43. The molecular weight excluding hydrogens is 290 g/mol. The van der Waals surface area contributed by atoms with Crippen LogP contribution in [0.5, 0.6) is 0 Å². The Hall–Kier alpha value is -1.69. The number of amides is 1. The number of likely N-dealkylation sites (N-methyl/N-ethyl adjacent to an activating group) is 1. The molecule has 23 heavy (non-hydrogen) atoms. The van der Waals surface area contributed by atoms with E-state index in [0.29, 0.717) is 19.0 Å². The zero-order valence-corrected chi connectivity index (χ0v) is 14.0. The van der Waals surface area contributed by atoms with Gasteiger partial charge in [-0.05, 0) is 25.8 Å². The topological polar surface area (TPSA) is 61.4 Å². The number of carbonyl (C=O) groups is 1. The summed E-state index contributed by atoms with van der Waals surface area (Å²) in [6, 6.07) is 2.07. The first-order chi connectivity index (χ1) is 11.3. The molecule has 0 unspecified atom stereocenters. The van der Waals surface area contributed by atoms with Crippen LogP contribution < -0.4 is 10.2 Å². The average Bonchev–Trinajstić information content (AvgIpc) is 3.10. The lowest BCUT2D eigenvalue weighted by Gasteiger charge is -2.34. The van der Waals surface area contributed by atoms with E-state index in [2.05, 4.69) is 26.2 Å². The van der Waals surface area contributed by atoms with Gasteiger partial charge in [0.1, 0.15) is 0 Å². The second kappa shape index (κ2) is 7.73. The van der Waals surface area contributed by atoms with Gasteiger partial charge in [0.15, 0.2) is 0 Å². The number of nitrogens with zero attached hydrogens (tertiary/aromatic N) is 4. The first-order valence-corrected chi connectivity index (χ1v) is 8.83. The summed E-state index contributed by atoms with van der Waals surface area (Å²) in [5, 5.41) is 2.86. The highest BCUT2D eigenvalue weighted by atomic mass is 16.2. The lowest BCUT2D eigenvalue weighted by Crippen LogP contribution is -2.50. The van der Waals surface area contributed by atoms with Crippen molar-refractivity contribution in [3.8, 4) is 0 Å². The first kappa shape index (κ1) is 16.2. The van der Waals surface area contributed by atoms with Gasteiger partial charge in [0.05, 0.1) is 6.54 Å². The Balaban J connectivity index is 1.55. The van der Waals surface area contributed by atoms with Crippen LogP contribution in [0.4, 0.5) is 5.95 Å². The minimum absolute atomic E-state index is 0.112. The molecule has 1 saturated heterocycles. The molecule has 1 aliphatic heterocycles. The molecule has 0 bridgehead atoms. The van der Waals surface area contributed by atoms with Crippen LogP contribution in [0.3, 0.4) is 0 Å². The summed E-state index contributed by atoms with van der Waals surface area (Å²) in [5.41, 5.74) is 1.21. The van der Waals surface area contributed by atoms with E-state index in [4.69, 9.17) is 4.98 Å². The summed E-state index contributed by atoms with van der Waals surface area (Å²) in [6.45, 7) is 6.67. The molecule has 0 aromatic carbocycles. The van der Waals surface area contributed by atoms with E-state index in [1.54, 1.807) is 0 Å². The van der Waals surface area contributed by atoms with Crippen LogP contribution in [0.25, 0.3) is 0 Å². The largest absolute Gasteiger partial charge is 0.355 e. The Labute approximate surface area is 138 Å². The van der Waals surface area contributed by atoms with Gasteiger partial charge in [0.25, 0.3) is 0 Å². The van der Waals surface area contributed by atoms with Crippen molar-refractivity contribution in [3.63, 3.8) is 0 Å². The van der Waals surface area contributed by atoms with Crippen LogP contribution in [0.15, 0.2) is 12.3 Å². The molecule has 6 nitrogen and oxygen atoms in total. The van der Waals surface area contributed by atoms with Crippen molar-refractivity contribution in [2.75, 3.05) is 44.2 Å². The molecule has 2 aliphatic rings. The molecule has 126 valence electrons. The van der Waals surface area contributed by atoms with Gasteiger partial charge in [-0.1, -0.05) is 12.8 Å². The van der Waals surface area contributed by atoms with Gasteiger partial charge in [-0.15, -0.1) is 0 Å². The molecular formula is C17H27N5O. The van der Waals surface area contributed by atoms with Gasteiger partial charge < -0.3 is 10.2 Å². The Morgan fingerprint density at radius 2 is 2.00 bits per heavy atom. The number of rotatable bonds is 5. The standard InChI is InChI=1S/C17H27N5O/c1-2-18-16(23)13-21-9-11-22(12-10-21)17-19-8-7-15(20-17)14-5-3-4-6-14/h7-8,14H,2-6,9-13H2,1H3,(H,18,23). The van der Waals surface area contributed by atoms with Crippen LogP contribution >= 0.6 is 0 Å². The monoisotopic (exact) mass is 317 g/mol. The normalized spacial score (nSPS) is 20.0. The first-order valence-electron chi connectivity index (χ1n) is 8.83. The number of piperazine rings is 1.